The molecule has 0 fully saturated rings. The molecule has 1 aromatic carbocycles. The van der Waals surface area contributed by atoms with Crippen LogP contribution in [0.3, 0.4) is 0 Å². The Hall–Kier alpha value is -0.970. The Labute approximate surface area is 128 Å². The molecule has 0 bridgehead atoms. The van der Waals surface area contributed by atoms with Gasteiger partial charge >= 0.3 is 0 Å². The largest absolute Gasteiger partial charge is 0.381 e. The summed E-state index contributed by atoms with van der Waals surface area (Å²) in [5.41, 5.74) is 7.61. The topological polar surface area (TPSA) is 53.1 Å². The number of nitrogen functional groups attached to an aromatic ring is 1. The third-order valence-electron chi connectivity index (χ3n) is 2.94. The standard InChI is InChI=1S/C14H19Cl2N3O/c1-9(2)8-20-5-3-4-19-13-7-11(16)10(15)6-12(13)18-14(19)17/h6-7,9H,3-5,8H2,1-2H3,(H2,17,18). The van der Waals surface area contributed by atoms with Crippen molar-refractivity contribution >= 4 is 40.2 Å². The van der Waals surface area contributed by atoms with Gasteiger partial charge in [-0.3, -0.25) is 0 Å². The van der Waals surface area contributed by atoms with Crippen molar-refractivity contribution in [1.29, 1.82) is 0 Å². The molecule has 6 heteroatoms. The van der Waals surface area contributed by atoms with Gasteiger partial charge in [-0.1, -0.05) is 37.0 Å². The fourth-order valence-electron chi connectivity index (χ4n) is 2.02. The van der Waals surface area contributed by atoms with Crippen LogP contribution in [-0.2, 0) is 11.3 Å². The molecular weight excluding hydrogens is 297 g/mol. The van der Waals surface area contributed by atoms with Crippen LogP contribution in [0.15, 0.2) is 12.1 Å². The Bertz CT molecular complexity index is 596. The summed E-state index contributed by atoms with van der Waals surface area (Å²) in [6.45, 7) is 6.50. The first-order chi connectivity index (χ1) is 9.49. The van der Waals surface area contributed by atoms with Crippen molar-refractivity contribution in [3.63, 3.8) is 0 Å². The first-order valence-electron chi connectivity index (χ1n) is 6.67. The van der Waals surface area contributed by atoms with Crippen molar-refractivity contribution in [2.75, 3.05) is 18.9 Å². The number of anilines is 1. The fraction of sp³-hybridized carbons (Fsp3) is 0.500. The first kappa shape index (κ1) is 15.4. The summed E-state index contributed by atoms with van der Waals surface area (Å²) in [5.74, 6) is 1.03. The minimum absolute atomic E-state index is 0.474. The molecule has 20 heavy (non-hydrogen) atoms. The van der Waals surface area contributed by atoms with E-state index in [-0.39, 0.29) is 0 Å². The van der Waals surface area contributed by atoms with E-state index in [1.807, 2.05) is 4.57 Å². The van der Waals surface area contributed by atoms with Gasteiger partial charge < -0.3 is 15.0 Å². The van der Waals surface area contributed by atoms with Gasteiger partial charge in [0, 0.05) is 19.8 Å². The van der Waals surface area contributed by atoms with Gasteiger partial charge in [-0.25, -0.2) is 4.98 Å². The molecule has 0 saturated heterocycles. The van der Waals surface area contributed by atoms with E-state index in [4.69, 9.17) is 33.7 Å². The third-order valence-corrected chi connectivity index (χ3v) is 3.66. The monoisotopic (exact) mass is 315 g/mol. The van der Waals surface area contributed by atoms with Crippen molar-refractivity contribution in [3.8, 4) is 0 Å². The Balaban J connectivity index is 2.06. The molecular formula is C14H19Cl2N3O. The number of hydrogen-bond acceptors (Lipinski definition) is 3. The summed E-state index contributed by atoms with van der Waals surface area (Å²) < 4.78 is 7.51. The molecule has 0 atom stereocenters. The predicted molar refractivity (Wildman–Crippen MR) is 84.4 cm³/mol. The van der Waals surface area contributed by atoms with Gasteiger partial charge in [-0.15, -0.1) is 0 Å². The highest BCUT2D eigenvalue weighted by atomic mass is 35.5. The predicted octanol–water partition coefficient (Wildman–Crippen LogP) is 3.99. The number of fused-ring (bicyclic) bond motifs is 1. The van der Waals surface area contributed by atoms with Crippen LogP contribution in [0.25, 0.3) is 11.0 Å². The number of hydrogen-bond donors (Lipinski definition) is 1. The molecule has 2 aromatic rings. The molecule has 1 aromatic heterocycles. The average molecular weight is 316 g/mol. The third kappa shape index (κ3) is 3.57. The number of benzene rings is 1. The van der Waals surface area contributed by atoms with Gasteiger partial charge in [0.25, 0.3) is 0 Å². The number of rotatable bonds is 6. The zero-order chi connectivity index (χ0) is 14.7. The van der Waals surface area contributed by atoms with Crippen LogP contribution >= 0.6 is 23.2 Å². The lowest BCUT2D eigenvalue weighted by Gasteiger charge is -2.09. The molecule has 0 saturated carbocycles. The van der Waals surface area contributed by atoms with Gasteiger partial charge in [-0.05, 0) is 24.5 Å². The molecule has 2 N–H and O–H groups in total. The summed E-state index contributed by atoms with van der Waals surface area (Å²) in [6, 6.07) is 3.54. The molecule has 2 rings (SSSR count). The number of imidazole rings is 1. The number of halogens is 2. The highest BCUT2D eigenvalue weighted by Crippen LogP contribution is 2.29. The quantitative estimate of drug-likeness (QED) is 0.820. The Kier molecular flexibility index (Phi) is 5.13. The molecule has 0 aliphatic rings. The van der Waals surface area contributed by atoms with E-state index in [9.17, 15) is 0 Å². The number of aromatic nitrogens is 2. The second-order valence-corrected chi connectivity index (χ2v) is 6.01. The van der Waals surface area contributed by atoms with Crippen molar-refractivity contribution in [2.24, 2.45) is 5.92 Å². The maximum atomic E-state index is 6.05. The lowest BCUT2D eigenvalue weighted by Crippen LogP contribution is -2.08. The van der Waals surface area contributed by atoms with E-state index in [1.165, 1.54) is 0 Å². The van der Waals surface area contributed by atoms with Gasteiger partial charge in [0.05, 0.1) is 21.1 Å². The van der Waals surface area contributed by atoms with Gasteiger partial charge in [0.1, 0.15) is 0 Å². The number of ether oxygens (including phenoxy) is 1. The summed E-state index contributed by atoms with van der Waals surface area (Å²) >= 11 is 12.0. The van der Waals surface area contributed by atoms with Crippen LogP contribution in [-0.4, -0.2) is 22.8 Å². The lowest BCUT2D eigenvalue weighted by atomic mass is 10.2. The van der Waals surface area contributed by atoms with Gasteiger partial charge in [-0.2, -0.15) is 0 Å². The molecule has 0 aliphatic heterocycles. The average Bonchev–Trinajstić information content (AvgIpc) is 2.65. The number of nitrogens with two attached hydrogens (primary N) is 1. The molecule has 0 radical (unpaired) electrons. The molecule has 0 unspecified atom stereocenters. The lowest BCUT2D eigenvalue weighted by molar-refractivity contribution is 0.105. The summed E-state index contributed by atoms with van der Waals surface area (Å²) in [5, 5.41) is 1.00. The van der Waals surface area contributed by atoms with Crippen LogP contribution in [0.2, 0.25) is 10.0 Å². The maximum Gasteiger partial charge on any atom is 0.201 e. The second-order valence-electron chi connectivity index (χ2n) is 5.20. The van der Waals surface area contributed by atoms with Gasteiger partial charge in [0.2, 0.25) is 5.95 Å². The fourth-order valence-corrected chi connectivity index (χ4v) is 2.33. The summed E-state index contributed by atoms with van der Waals surface area (Å²) in [6.07, 6.45) is 0.878. The minimum atomic E-state index is 0.474. The SMILES string of the molecule is CC(C)COCCCn1c(N)nc2cc(Cl)c(Cl)cc21. The van der Waals surface area contributed by atoms with Crippen LogP contribution in [0.5, 0.6) is 0 Å². The van der Waals surface area contributed by atoms with E-state index in [0.29, 0.717) is 28.5 Å². The zero-order valence-corrected chi connectivity index (χ0v) is 13.2. The summed E-state index contributed by atoms with van der Waals surface area (Å²) in [7, 11) is 0. The van der Waals surface area contributed by atoms with Crippen LogP contribution in [0.1, 0.15) is 20.3 Å². The van der Waals surface area contributed by atoms with E-state index < -0.39 is 0 Å². The molecule has 0 aliphatic carbocycles. The Morgan fingerprint density at radius 3 is 2.70 bits per heavy atom. The van der Waals surface area contributed by atoms with Crippen molar-refractivity contribution in [3.05, 3.63) is 22.2 Å². The molecule has 4 nitrogen and oxygen atoms in total. The molecule has 0 spiro atoms. The molecule has 110 valence electrons. The first-order valence-corrected chi connectivity index (χ1v) is 7.43. The summed E-state index contributed by atoms with van der Waals surface area (Å²) in [4.78, 5) is 4.30. The smallest absolute Gasteiger partial charge is 0.201 e. The van der Waals surface area contributed by atoms with Crippen molar-refractivity contribution < 1.29 is 4.74 Å². The van der Waals surface area contributed by atoms with E-state index in [1.54, 1.807) is 12.1 Å². The zero-order valence-electron chi connectivity index (χ0n) is 11.7. The number of aryl methyl sites for hydroxylation is 1. The van der Waals surface area contributed by atoms with Crippen molar-refractivity contribution in [1.82, 2.24) is 9.55 Å². The van der Waals surface area contributed by atoms with Crippen LogP contribution in [0, 0.1) is 5.92 Å². The van der Waals surface area contributed by atoms with Crippen LogP contribution < -0.4 is 5.73 Å². The highest BCUT2D eigenvalue weighted by Gasteiger charge is 2.10. The van der Waals surface area contributed by atoms with Gasteiger partial charge in [0.15, 0.2) is 0 Å². The van der Waals surface area contributed by atoms with E-state index in [2.05, 4.69) is 18.8 Å². The second kappa shape index (κ2) is 6.66. The molecule has 1 heterocycles. The maximum absolute atomic E-state index is 6.05. The minimum Gasteiger partial charge on any atom is -0.381 e. The molecule has 0 amide bonds. The Morgan fingerprint density at radius 1 is 1.30 bits per heavy atom. The normalized spacial score (nSPS) is 11.7. The number of nitrogens with zero attached hydrogens (tertiary/aromatic N) is 2. The Morgan fingerprint density at radius 2 is 2.00 bits per heavy atom. The van der Waals surface area contributed by atoms with E-state index in [0.717, 1.165) is 30.6 Å². The van der Waals surface area contributed by atoms with Crippen LogP contribution in [0.4, 0.5) is 5.95 Å². The highest BCUT2D eigenvalue weighted by molar-refractivity contribution is 6.42. The van der Waals surface area contributed by atoms with Crippen molar-refractivity contribution in [2.45, 2.75) is 26.8 Å². The van der Waals surface area contributed by atoms with E-state index >= 15 is 0 Å².